The molecule has 0 aliphatic carbocycles. The van der Waals surface area contributed by atoms with Crippen LogP contribution in [0.2, 0.25) is 0 Å². The predicted octanol–water partition coefficient (Wildman–Crippen LogP) is 4.95. The Bertz CT molecular complexity index is 722. The minimum absolute atomic E-state index is 0.231. The number of hydrogen-bond acceptors (Lipinski definition) is 3. The van der Waals surface area contributed by atoms with Gasteiger partial charge >= 0.3 is 0 Å². The highest BCUT2D eigenvalue weighted by molar-refractivity contribution is 9.10. The van der Waals surface area contributed by atoms with E-state index >= 15 is 0 Å². The van der Waals surface area contributed by atoms with E-state index in [9.17, 15) is 0 Å². The van der Waals surface area contributed by atoms with E-state index in [-0.39, 0.29) is 6.04 Å². The lowest BCUT2D eigenvalue weighted by molar-refractivity contribution is 0.468. The van der Waals surface area contributed by atoms with E-state index in [4.69, 9.17) is 4.42 Å². The molecule has 1 atom stereocenters. The molecule has 3 aromatic rings. The molecule has 0 amide bonds. The molecule has 0 saturated heterocycles. The molecule has 0 saturated carbocycles. The maximum atomic E-state index is 5.90. The van der Waals surface area contributed by atoms with Gasteiger partial charge in [0, 0.05) is 28.5 Å². The Morgan fingerprint density at radius 1 is 1.14 bits per heavy atom. The summed E-state index contributed by atoms with van der Waals surface area (Å²) >= 11 is 3.44. The number of nitrogens with zero attached hydrogens (tertiary/aromatic N) is 1. The standard InChI is InChI=1S/C18H17BrN2O/c1-13(15-3-2-10-20-11-15)21-12-17-8-9-18(22-17)14-4-6-16(19)7-5-14/h2-11,13,21H,12H2,1H3. The smallest absolute Gasteiger partial charge is 0.134 e. The third-order valence-corrected chi connectivity index (χ3v) is 4.09. The van der Waals surface area contributed by atoms with Crippen molar-refractivity contribution in [3.63, 3.8) is 0 Å². The summed E-state index contributed by atoms with van der Waals surface area (Å²) in [6.07, 6.45) is 3.67. The Labute approximate surface area is 138 Å². The highest BCUT2D eigenvalue weighted by atomic mass is 79.9. The van der Waals surface area contributed by atoms with Crippen LogP contribution in [0.3, 0.4) is 0 Å². The molecule has 0 fully saturated rings. The largest absolute Gasteiger partial charge is 0.460 e. The summed E-state index contributed by atoms with van der Waals surface area (Å²) in [6.45, 7) is 2.81. The molecule has 112 valence electrons. The van der Waals surface area contributed by atoms with Gasteiger partial charge in [-0.15, -0.1) is 0 Å². The molecule has 3 rings (SSSR count). The molecule has 2 heterocycles. The van der Waals surface area contributed by atoms with Crippen LogP contribution in [-0.2, 0) is 6.54 Å². The molecule has 1 aromatic carbocycles. The fraction of sp³-hybridized carbons (Fsp3) is 0.167. The van der Waals surface area contributed by atoms with Crippen molar-refractivity contribution in [2.24, 2.45) is 0 Å². The van der Waals surface area contributed by atoms with Crippen molar-refractivity contribution in [3.05, 3.63) is 76.7 Å². The highest BCUT2D eigenvalue weighted by Crippen LogP contribution is 2.24. The maximum Gasteiger partial charge on any atom is 0.134 e. The van der Waals surface area contributed by atoms with Gasteiger partial charge in [-0.25, -0.2) is 0 Å². The molecule has 1 unspecified atom stereocenters. The summed E-state index contributed by atoms with van der Waals surface area (Å²) in [6, 6.07) is 16.4. The average molecular weight is 357 g/mol. The van der Waals surface area contributed by atoms with Crippen molar-refractivity contribution in [2.75, 3.05) is 0 Å². The molecule has 2 aromatic heterocycles. The van der Waals surface area contributed by atoms with Crippen molar-refractivity contribution in [1.29, 1.82) is 0 Å². The van der Waals surface area contributed by atoms with Crippen LogP contribution >= 0.6 is 15.9 Å². The number of rotatable bonds is 5. The summed E-state index contributed by atoms with van der Waals surface area (Å²) in [5, 5.41) is 3.45. The number of pyridine rings is 1. The second-order valence-corrected chi connectivity index (χ2v) is 6.08. The lowest BCUT2D eigenvalue weighted by atomic mass is 10.1. The second kappa shape index (κ2) is 6.90. The number of halogens is 1. The second-order valence-electron chi connectivity index (χ2n) is 5.16. The Hall–Kier alpha value is -1.91. The molecule has 1 N–H and O–H groups in total. The third kappa shape index (κ3) is 3.64. The van der Waals surface area contributed by atoms with Gasteiger partial charge in [0.05, 0.1) is 6.54 Å². The Balaban J connectivity index is 1.63. The van der Waals surface area contributed by atoms with Gasteiger partial charge in [0.25, 0.3) is 0 Å². The average Bonchev–Trinajstić information content (AvgIpc) is 3.03. The zero-order valence-electron chi connectivity index (χ0n) is 12.3. The van der Waals surface area contributed by atoms with E-state index in [1.54, 1.807) is 6.20 Å². The summed E-state index contributed by atoms with van der Waals surface area (Å²) in [4.78, 5) is 4.14. The molecule has 3 nitrogen and oxygen atoms in total. The molecule has 22 heavy (non-hydrogen) atoms. The van der Waals surface area contributed by atoms with Gasteiger partial charge in [-0.1, -0.05) is 34.1 Å². The summed E-state index contributed by atoms with van der Waals surface area (Å²) in [5.41, 5.74) is 2.25. The Morgan fingerprint density at radius 3 is 2.68 bits per heavy atom. The van der Waals surface area contributed by atoms with Gasteiger partial charge in [0.15, 0.2) is 0 Å². The fourth-order valence-electron chi connectivity index (χ4n) is 2.25. The van der Waals surface area contributed by atoms with Gasteiger partial charge in [-0.2, -0.15) is 0 Å². The highest BCUT2D eigenvalue weighted by Gasteiger charge is 2.08. The zero-order valence-corrected chi connectivity index (χ0v) is 13.9. The normalized spacial score (nSPS) is 12.3. The number of aromatic nitrogens is 1. The third-order valence-electron chi connectivity index (χ3n) is 3.56. The summed E-state index contributed by atoms with van der Waals surface area (Å²) < 4.78 is 6.97. The lowest BCUT2D eigenvalue weighted by Crippen LogP contribution is -2.17. The minimum Gasteiger partial charge on any atom is -0.460 e. The maximum absolute atomic E-state index is 5.90. The molecular formula is C18H17BrN2O. The Morgan fingerprint density at radius 2 is 1.95 bits per heavy atom. The van der Waals surface area contributed by atoms with Crippen LogP contribution in [0.1, 0.15) is 24.3 Å². The monoisotopic (exact) mass is 356 g/mol. The first-order valence-corrected chi connectivity index (χ1v) is 7.99. The molecule has 0 radical (unpaired) electrons. The van der Waals surface area contributed by atoms with Crippen molar-refractivity contribution >= 4 is 15.9 Å². The van der Waals surface area contributed by atoms with E-state index in [0.717, 1.165) is 21.6 Å². The van der Waals surface area contributed by atoms with E-state index in [1.807, 2.05) is 48.7 Å². The summed E-state index contributed by atoms with van der Waals surface area (Å²) in [5.74, 6) is 1.81. The molecule has 0 bridgehead atoms. The number of benzene rings is 1. The molecule has 4 heteroatoms. The van der Waals surface area contributed by atoms with E-state index in [0.29, 0.717) is 6.54 Å². The fourth-order valence-corrected chi connectivity index (χ4v) is 2.51. The molecular weight excluding hydrogens is 340 g/mol. The van der Waals surface area contributed by atoms with E-state index in [2.05, 4.69) is 39.2 Å². The predicted molar refractivity (Wildman–Crippen MR) is 91.3 cm³/mol. The summed E-state index contributed by atoms with van der Waals surface area (Å²) in [7, 11) is 0. The first-order chi connectivity index (χ1) is 10.7. The number of nitrogens with one attached hydrogen (secondary N) is 1. The quantitative estimate of drug-likeness (QED) is 0.702. The lowest BCUT2D eigenvalue weighted by Gasteiger charge is -2.12. The molecule has 0 aliphatic rings. The van der Waals surface area contributed by atoms with Gasteiger partial charge in [-0.3, -0.25) is 4.98 Å². The van der Waals surface area contributed by atoms with Crippen LogP contribution in [-0.4, -0.2) is 4.98 Å². The van der Waals surface area contributed by atoms with Crippen LogP contribution < -0.4 is 5.32 Å². The first-order valence-electron chi connectivity index (χ1n) is 7.20. The van der Waals surface area contributed by atoms with Crippen molar-refractivity contribution in [1.82, 2.24) is 10.3 Å². The van der Waals surface area contributed by atoms with Gasteiger partial charge < -0.3 is 9.73 Å². The Kier molecular flexibility index (Phi) is 4.71. The number of furan rings is 1. The minimum atomic E-state index is 0.231. The SMILES string of the molecule is CC(NCc1ccc(-c2ccc(Br)cc2)o1)c1cccnc1. The van der Waals surface area contributed by atoms with E-state index < -0.39 is 0 Å². The van der Waals surface area contributed by atoms with Gasteiger partial charge in [-0.05, 0) is 42.8 Å². The van der Waals surface area contributed by atoms with Gasteiger partial charge in [0.2, 0.25) is 0 Å². The zero-order chi connectivity index (χ0) is 15.4. The number of hydrogen-bond donors (Lipinski definition) is 1. The van der Waals surface area contributed by atoms with Crippen molar-refractivity contribution < 1.29 is 4.42 Å². The van der Waals surface area contributed by atoms with Crippen molar-refractivity contribution in [2.45, 2.75) is 19.5 Å². The van der Waals surface area contributed by atoms with Crippen LogP contribution in [0.4, 0.5) is 0 Å². The van der Waals surface area contributed by atoms with E-state index in [1.165, 1.54) is 5.56 Å². The molecule has 0 spiro atoms. The molecule has 0 aliphatic heterocycles. The van der Waals surface area contributed by atoms with Crippen LogP contribution in [0.5, 0.6) is 0 Å². The topological polar surface area (TPSA) is 38.1 Å². The first kappa shape index (κ1) is 15.0. The van der Waals surface area contributed by atoms with Crippen LogP contribution in [0.15, 0.2) is 69.8 Å². The van der Waals surface area contributed by atoms with Crippen LogP contribution in [0, 0.1) is 0 Å². The van der Waals surface area contributed by atoms with Gasteiger partial charge in [0.1, 0.15) is 11.5 Å². The van der Waals surface area contributed by atoms with Crippen molar-refractivity contribution in [3.8, 4) is 11.3 Å². The van der Waals surface area contributed by atoms with Crippen LogP contribution in [0.25, 0.3) is 11.3 Å².